The maximum atomic E-state index is 12.3. The summed E-state index contributed by atoms with van der Waals surface area (Å²) in [5.74, 6) is 1.61. The molecule has 3 rings (SSSR count). The van der Waals surface area contributed by atoms with Crippen LogP contribution in [0.5, 0.6) is 0 Å². The number of rotatable bonds is 5. The molecule has 3 heteroatoms. The van der Waals surface area contributed by atoms with Crippen LogP contribution in [0.2, 0.25) is 0 Å². The number of nitrogens with one attached hydrogen (secondary N) is 1. The molecule has 1 amide bonds. The lowest BCUT2D eigenvalue weighted by atomic mass is 9.92. The van der Waals surface area contributed by atoms with Crippen LogP contribution in [0.25, 0.3) is 0 Å². The molecule has 108 valence electrons. The highest BCUT2D eigenvalue weighted by atomic mass is 79.9. The van der Waals surface area contributed by atoms with Crippen LogP contribution < -0.4 is 5.32 Å². The molecule has 20 heavy (non-hydrogen) atoms. The zero-order chi connectivity index (χ0) is 14.1. The summed E-state index contributed by atoms with van der Waals surface area (Å²) in [6.07, 6.45) is 4.48. The molecule has 0 radical (unpaired) electrons. The first kappa shape index (κ1) is 14.1. The first-order valence-corrected chi connectivity index (χ1v) is 8.59. The zero-order valence-corrected chi connectivity index (χ0v) is 13.5. The topological polar surface area (TPSA) is 29.1 Å². The molecule has 0 saturated heterocycles. The quantitative estimate of drug-likeness (QED) is 0.645. The van der Waals surface area contributed by atoms with Crippen molar-refractivity contribution in [3.05, 3.63) is 35.4 Å². The number of alkyl halides is 1. The average molecular weight is 336 g/mol. The predicted octanol–water partition coefficient (Wildman–Crippen LogP) is 3.64. The summed E-state index contributed by atoms with van der Waals surface area (Å²) in [7, 11) is 0. The minimum Gasteiger partial charge on any atom is -0.356 e. The number of aryl methyl sites for hydroxylation is 1. The smallest absolute Gasteiger partial charge is 0.224 e. The molecule has 0 aliphatic heterocycles. The van der Waals surface area contributed by atoms with Gasteiger partial charge in [0.05, 0.1) is 0 Å². The number of halogens is 1. The summed E-state index contributed by atoms with van der Waals surface area (Å²) in [5.41, 5.74) is 2.88. The summed E-state index contributed by atoms with van der Waals surface area (Å²) >= 11 is 3.54. The molecule has 1 aromatic rings. The molecule has 0 bridgehead atoms. The Balaban J connectivity index is 1.55. The molecule has 4 atom stereocenters. The fraction of sp³-hybridized carbons (Fsp3) is 0.588. The van der Waals surface area contributed by atoms with Crippen molar-refractivity contribution in [1.82, 2.24) is 5.32 Å². The Morgan fingerprint density at radius 2 is 2.25 bits per heavy atom. The maximum absolute atomic E-state index is 12.3. The summed E-state index contributed by atoms with van der Waals surface area (Å²) in [6.45, 7) is 2.96. The van der Waals surface area contributed by atoms with Crippen LogP contribution in [0.1, 0.15) is 43.2 Å². The second kappa shape index (κ2) is 5.88. The van der Waals surface area contributed by atoms with Crippen molar-refractivity contribution >= 4 is 21.8 Å². The molecule has 1 fully saturated rings. The van der Waals surface area contributed by atoms with Gasteiger partial charge in [-0.2, -0.15) is 0 Å². The SMILES string of the molecule is CC(Br)CCCNC(=O)C1C2CCc3ccccc3C21. The van der Waals surface area contributed by atoms with E-state index in [4.69, 9.17) is 0 Å². The Morgan fingerprint density at radius 1 is 1.45 bits per heavy atom. The number of hydrogen-bond donors (Lipinski definition) is 1. The highest BCUT2D eigenvalue weighted by Gasteiger charge is 2.56. The standard InChI is InChI=1S/C17H22BrNO/c1-11(18)5-4-10-19-17(20)16-14-9-8-12-6-2-3-7-13(12)15(14)16/h2-3,6-7,11,14-16H,4-5,8-10H2,1H3,(H,19,20). The second-order valence-electron chi connectivity index (χ2n) is 6.17. The van der Waals surface area contributed by atoms with Gasteiger partial charge in [0.15, 0.2) is 0 Å². The Bertz CT molecular complexity index is 500. The van der Waals surface area contributed by atoms with Gasteiger partial charge in [0.1, 0.15) is 0 Å². The summed E-state index contributed by atoms with van der Waals surface area (Å²) in [4.78, 5) is 12.8. The first-order valence-electron chi connectivity index (χ1n) is 7.68. The van der Waals surface area contributed by atoms with Gasteiger partial charge in [0.2, 0.25) is 5.91 Å². The van der Waals surface area contributed by atoms with Crippen molar-refractivity contribution in [2.75, 3.05) is 6.54 Å². The minimum atomic E-state index is 0.236. The zero-order valence-electron chi connectivity index (χ0n) is 11.9. The van der Waals surface area contributed by atoms with E-state index in [2.05, 4.69) is 52.4 Å². The van der Waals surface area contributed by atoms with Crippen LogP contribution in [0.3, 0.4) is 0 Å². The largest absolute Gasteiger partial charge is 0.356 e. The van der Waals surface area contributed by atoms with Gasteiger partial charge in [0.25, 0.3) is 0 Å². The molecule has 0 aromatic heterocycles. The fourth-order valence-corrected chi connectivity index (χ4v) is 3.96. The molecule has 2 aliphatic rings. The Morgan fingerprint density at radius 3 is 3.05 bits per heavy atom. The lowest BCUT2D eigenvalue weighted by Crippen LogP contribution is -2.27. The lowest BCUT2D eigenvalue weighted by Gasteiger charge is -2.13. The second-order valence-corrected chi connectivity index (χ2v) is 7.73. The number of carbonyl (C=O) groups excluding carboxylic acids is 1. The molecule has 2 nitrogen and oxygen atoms in total. The van der Waals surface area contributed by atoms with E-state index in [9.17, 15) is 4.79 Å². The molecule has 1 aromatic carbocycles. The van der Waals surface area contributed by atoms with E-state index in [-0.39, 0.29) is 11.8 Å². The third-order valence-electron chi connectivity index (χ3n) is 4.71. The third kappa shape index (κ3) is 2.78. The highest BCUT2D eigenvalue weighted by molar-refractivity contribution is 9.09. The molecule has 4 unspecified atom stereocenters. The van der Waals surface area contributed by atoms with Gasteiger partial charge < -0.3 is 5.32 Å². The maximum Gasteiger partial charge on any atom is 0.224 e. The lowest BCUT2D eigenvalue weighted by molar-refractivity contribution is -0.122. The van der Waals surface area contributed by atoms with E-state index in [1.807, 2.05) is 0 Å². The minimum absolute atomic E-state index is 0.236. The van der Waals surface area contributed by atoms with E-state index < -0.39 is 0 Å². The number of amides is 1. The van der Waals surface area contributed by atoms with Gasteiger partial charge in [-0.25, -0.2) is 0 Å². The van der Waals surface area contributed by atoms with Gasteiger partial charge in [0, 0.05) is 17.3 Å². The van der Waals surface area contributed by atoms with Crippen molar-refractivity contribution in [2.45, 2.75) is 43.4 Å². The van der Waals surface area contributed by atoms with Gasteiger partial charge in [-0.05, 0) is 48.6 Å². The van der Waals surface area contributed by atoms with E-state index in [0.29, 0.717) is 16.7 Å². The van der Waals surface area contributed by atoms with Crippen molar-refractivity contribution in [2.24, 2.45) is 11.8 Å². The summed E-state index contributed by atoms with van der Waals surface area (Å²) in [6, 6.07) is 8.64. The van der Waals surface area contributed by atoms with E-state index in [1.54, 1.807) is 0 Å². The summed E-state index contributed by atoms with van der Waals surface area (Å²) in [5, 5.41) is 3.13. The van der Waals surface area contributed by atoms with E-state index >= 15 is 0 Å². The van der Waals surface area contributed by atoms with Crippen molar-refractivity contribution in [3.63, 3.8) is 0 Å². The van der Waals surface area contributed by atoms with Gasteiger partial charge >= 0.3 is 0 Å². The first-order chi connectivity index (χ1) is 9.68. The van der Waals surface area contributed by atoms with Crippen LogP contribution in [-0.4, -0.2) is 17.3 Å². The monoisotopic (exact) mass is 335 g/mol. The van der Waals surface area contributed by atoms with Crippen LogP contribution in [0.4, 0.5) is 0 Å². The van der Waals surface area contributed by atoms with Gasteiger partial charge in [-0.3, -0.25) is 4.79 Å². The molecule has 2 aliphatic carbocycles. The van der Waals surface area contributed by atoms with E-state index in [1.165, 1.54) is 17.5 Å². The van der Waals surface area contributed by atoms with Crippen molar-refractivity contribution in [1.29, 1.82) is 0 Å². The third-order valence-corrected chi connectivity index (χ3v) is 5.17. The van der Waals surface area contributed by atoms with Crippen LogP contribution in [0, 0.1) is 11.8 Å². The van der Waals surface area contributed by atoms with Crippen LogP contribution in [0.15, 0.2) is 24.3 Å². The number of carbonyl (C=O) groups is 1. The Hall–Kier alpha value is -0.830. The molecule has 1 saturated carbocycles. The molecular formula is C17H22BrNO. The molecule has 0 spiro atoms. The summed E-state index contributed by atoms with van der Waals surface area (Å²) < 4.78 is 0. The van der Waals surface area contributed by atoms with Gasteiger partial charge in [-0.1, -0.05) is 47.1 Å². The molecule has 0 heterocycles. The number of fused-ring (bicyclic) bond motifs is 3. The number of hydrogen-bond acceptors (Lipinski definition) is 1. The predicted molar refractivity (Wildman–Crippen MR) is 85.1 cm³/mol. The highest BCUT2D eigenvalue weighted by Crippen LogP contribution is 2.59. The van der Waals surface area contributed by atoms with E-state index in [0.717, 1.165) is 25.8 Å². The van der Waals surface area contributed by atoms with Crippen molar-refractivity contribution in [3.8, 4) is 0 Å². The molecular weight excluding hydrogens is 314 g/mol. The van der Waals surface area contributed by atoms with Crippen LogP contribution >= 0.6 is 15.9 Å². The normalized spacial score (nSPS) is 28.2. The van der Waals surface area contributed by atoms with Gasteiger partial charge in [-0.15, -0.1) is 0 Å². The Labute approximate surface area is 129 Å². The Kier molecular flexibility index (Phi) is 4.16. The average Bonchev–Trinajstić information content (AvgIpc) is 3.18. The fourth-order valence-electron chi connectivity index (χ4n) is 3.64. The van der Waals surface area contributed by atoms with Crippen LogP contribution in [-0.2, 0) is 11.2 Å². The number of benzene rings is 1. The molecule has 1 N–H and O–H groups in total. The van der Waals surface area contributed by atoms with Crippen molar-refractivity contribution < 1.29 is 4.79 Å².